The molecule has 0 spiro atoms. The number of aryl methyl sites for hydroxylation is 1. The molecule has 0 aromatic heterocycles. The summed E-state index contributed by atoms with van der Waals surface area (Å²) in [6, 6.07) is 6.52. The SMILES string of the molecule is N=NCC1=Nc2cc(N3CCOCC3)ccc2CC1. The van der Waals surface area contributed by atoms with Crippen LogP contribution in [0.25, 0.3) is 0 Å². The number of nitrogens with one attached hydrogen (secondary N) is 1. The van der Waals surface area contributed by atoms with E-state index >= 15 is 0 Å². The molecule has 1 N–H and O–H groups in total. The first-order valence-electron chi connectivity index (χ1n) is 6.72. The van der Waals surface area contributed by atoms with Gasteiger partial charge in [0, 0.05) is 24.5 Å². The van der Waals surface area contributed by atoms with Crippen LogP contribution in [0.1, 0.15) is 12.0 Å². The second-order valence-electron chi connectivity index (χ2n) is 4.91. The van der Waals surface area contributed by atoms with Gasteiger partial charge in [0.1, 0.15) is 0 Å². The van der Waals surface area contributed by atoms with Gasteiger partial charge in [0.2, 0.25) is 0 Å². The summed E-state index contributed by atoms with van der Waals surface area (Å²) in [5.74, 6) is 0. The molecular formula is C14H18N4O. The van der Waals surface area contributed by atoms with Crippen LogP contribution in [-0.4, -0.2) is 38.6 Å². The number of aliphatic imine (C=N–C) groups is 1. The Kier molecular flexibility index (Phi) is 3.55. The van der Waals surface area contributed by atoms with Crippen molar-refractivity contribution in [1.29, 1.82) is 5.53 Å². The van der Waals surface area contributed by atoms with Crippen molar-refractivity contribution < 1.29 is 4.74 Å². The van der Waals surface area contributed by atoms with Crippen molar-refractivity contribution >= 4 is 17.1 Å². The van der Waals surface area contributed by atoms with Crippen LogP contribution < -0.4 is 4.90 Å². The van der Waals surface area contributed by atoms with E-state index in [4.69, 9.17) is 10.3 Å². The van der Waals surface area contributed by atoms with Crippen molar-refractivity contribution in [2.24, 2.45) is 10.1 Å². The van der Waals surface area contributed by atoms with Gasteiger partial charge in [-0.3, -0.25) is 4.99 Å². The van der Waals surface area contributed by atoms with Crippen molar-refractivity contribution in [2.45, 2.75) is 12.8 Å². The first kappa shape index (κ1) is 12.3. The molecule has 0 amide bonds. The summed E-state index contributed by atoms with van der Waals surface area (Å²) in [6.45, 7) is 3.91. The fourth-order valence-corrected chi connectivity index (χ4v) is 2.60. The number of benzene rings is 1. The van der Waals surface area contributed by atoms with Crippen molar-refractivity contribution in [3.05, 3.63) is 23.8 Å². The van der Waals surface area contributed by atoms with Crippen molar-refractivity contribution in [1.82, 2.24) is 0 Å². The minimum absolute atomic E-state index is 0.432. The van der Waals surface area contributed by atoms with E-state index in [1.54, 1.807) is 0 Å². The summed E-state index contributed by atoms with van der Waals surface area (Å²) in [4.78, 5) is 6.97. The summed E-state index contributed by atoms with van der Waals surface area (Å²) in [7, 11) is 0. The number of fused-ring (bicyclic) bond motifs is 1. The van der Waals surface area contributed by atoms with E-state index in [9.17, 15) is 0 Å². The molecule has 0 saturated carbocycles. The quantitative estimate of drug-likeness (QED) is 0.847. The van der Waals surface area contributed by atoms with E-state index < -0.39 is 0 Å². The smallest absolute Gasteiger partial charge is 0.0979 e. The van der Waals surface area contributed by atoms with E-state index in [-0.39, 0.29) is 0 Å². The fourth-order valence-electron chi connectivity index (χ4n) is 2.60. The third kappa shape index (κ3) is 2.66. The number of morpholine rings is 1. The minimum Gasteiger partial charge on any atom is -0.378 e. The van der Waals surface area contributed by atoms with Gasteiger partial charge in [-0.2, -0.15) is 5.11 Å². The van der Waals surface area contributed by atoms with Crippen LogP contribution in [0.2, 0.25) is 0 Å². The Labute approximate surface area is 112 Å². The van der Waals surface area contributed by atoms with E-state index in [0.717, 1.165) is 50.5 Å². The highest BCUT2D eigenvalue weighted by atomic mass is 16.5. The molecule has 1 saturated heterocycles. The number of nitrogens with zero attached hydrogens (tertiary/aromatic N) is 3. The first-order chi connectivity index (χ1) is 9.36. The number of hydrogen-bond donors (Lipinski definition) is 1. The van der Waals surface area contributed by atoms with Gasteiger partial charge in [-0.05, 0) is 30.5 Å². The molecule has 1 fully saturated rings. The van der Waals surface area contributed by atoms with Crippen molar-refractivity contribution in [3.63, 3.8) is 0 Å². The molecule has 3 rings (SSSR count). The number of rotatable bonds is 3. The molecule has 2 aliphatic heterocycles. The maximum absolute atomic E-state index is 6.95. The third-order valence-electron chi connectivity index (χ3n) is 3.67. The second-order valence-corrected chi connectivity index (χ2v) is 4.91. The summed E-state index contributed by atoms with van der Waals surface area (Å²) < 4.78 is 5.38. The molecule has 1 aromatic carbocycles. The van der Waals surface area contributed by atoms with Crippen LogP contribution in [0.3, 0.4) is 0 Å². The summed E-state index contributed by atoms with van der Waals surface area (Å²) >= 11 is 0. The van der Waals surface area contributed by atoms with E-state index in [1.807, 2.05) is 0 Å². The average molecular weight is 258 g/mol. The van der Waals surface area contributed by atoms with Crippen LogP contribution in [-0.2, 0) is 11.2 Å². The van der Waals surface area contributed by atoms with Gasteiger partial charge in [-0.15, -0.1) is 0 Å². The lowest BCUT2D eigenvalue weighted by molar-refractivity contribution is 0.122. The van der Waals surface area contributed by atoms with Crippen LogP contribution >= 0.6 is 0 Å². The van der Waals surface area contributed by atoms with Crippen LogP contribution in [0.15, 0.2) is 28.3 Å². The van der Waals surface area contributed by atoms with E-state index in [1.165, 1.54) is 11.3 Å². The minimum atomic E-state index is 0.432. The van der Waals surface area contributed by atoms with Crippen molar-refractivity contribution in [2.75, 3.05) is 37.7 Å². The number of ether oxygens (including phenoxy) is 1. The Balaban J connectivity index is 1.86. The highest BCUT2D eigenvalue weighted by Gasteiger charge is 2.16. The number of anilines is 1. The molecule has 2 heterocycles. The average Bonchev–Trinajstić information content (AvgIpc) is 2.48. The van der Waals surface area contributed by atoms with E-state index in [2.05, 4.69) is 33.2 Å². The third-order valence-corrected chi connectivity index (χ3v) is 3.67. The van der Waals surface area contributed by atoms with Crippen LogP contribution in [0.5, 0.6) is 0 Å². The Morgan fingerprint density at radius 2 is 2.11 bits per heavy atom. The molecule has 0 bridgehead atoms. The second kappa shape index (κ2) is 5.48. The van der Waals surface area contributed by atoms with Gasteiger partial charge < -0.3 is 9.64 Å². The summed E-state index contributed by atoms with van der Waals surface area (Å²) in [6.07, 6.45) is 1.93. The molecule has 0 unspecified atom stereocenters. The Bertz CT molecular complexity index is 506. The molecule has 0 radical (unpaired) electrons. The monoisotopic (exact) mass is 258 g/mol. The van der Waals surface area contributed by atoms with Crippen LogP contribution in [0, 0.1) is 5.53 Å². The lowest BCUT2D eigenvalue weighted by Gasteiger charge is -2.29. The van der Waals surface area contributed by atoms with Crippen LogP contribution in [0.4, 0.5) is 11.4 Å². The zero-order valence-electron chi connectivity index (χ0n) is 10.9. The highest BCUT2D eigenvalue weighted by molar-refractivity contribution is 5.91. The lowest BCUT2D eigenvalue weighted by atomic mass is 10.0. The Hall–Kier alpha value is -1.75. The topological polar surface area (TPSA) is 61.0 Å². The number of hydrogen-bond acceptors (Lipinski definition) is 5. The highest BCUT2D eigenvalue weighted by Crippen LogP contribution is 2.30. The van der Waals surface area contributed by atoms with Gasteiger partial charge in [-0.25, -0.2) is 5.53 Å². The zero-order chi connectivity index (χ0) is 13.1. The summed E-state index contributed by atoms with van der Waals surface area (Å²) in [5, 5.41) is 3.44. The largest absolute Gasteiger partial charge is 0.378 e. The molecular weight excluding hydrogens is 240 g/mol. The first-order valence-corrected chi connectivity index (χ1v) is 6.72. The molecule has 5 heteroatoms. The van der Waals surface area contributed by atoms with Crippen molar-refractivity contribution in [3.8, 4) is 0 Å². The standard InChI is InChI=1S/C14H18N4O/c15-16-10-12-3-1-11-2-4-13(9-14(11)17-12)18-5-7-19-8-6-18/h2,4,9,15H,1,3,5-8,10H2. The van der Waals surface area contributed by atoms with Gasteiger partial charge in [0.15, 0.2) is 0 Å². The molecule has 100 valence electrons. The zero-order valence-corrected chi connectivity index (χ0v) is 10.9. The molecule has 0 aliphatic carbocycles. The molecule has 0 atom stereocenters. The Morgan fingerprint density at radius 1 is 1.26 bits per heavy atom. The predicted octanol–water partition coefficient (Wildman–Crippen LogP) is 2.57. The van der Waals surface area contributed by atoms with E-state index in [0.29, 0.717) is 6.54 Å². The molecule has 2 aliphatic rings. The predicted molar refractivity (Wildman–Crippen MR) is 74.9 cm³/mol. The van der Waals surface area contributed by atoms with Gasteiger partial charge in [-0.1, -0.05) is 6.07 Å². The maximum Gasteiger partial charge on any atom is 0.0979 e. The summed E-state index contributed by atoms with van der Waals surface area (Å²) in [5.41, 5.74) is 11.5. The lowest BCUT2D eigenvalue weighted by Crippen LogP contribution is -2.36. The van der Waals surface area contributed by atoms with Gasteiger partial charge in [0.25, 0.3) is 0 Å². The molecule has 5 nitrogen and oxygen atoms in total. The fraction of sp³-hybridized carbons (Fsp3) is 0.500. The normalized spacial score (nSPS) is 18.7. The maximum atomic E-state index is 6.95. The Morgan fingerprint density at radius 3 is 2.89 bits per heavy atom. The van der Waals surface area contributed by atoms with Gasteiger partial charge >= 0.3 is 0 Å². The molecule has 1 aromatic rings. The van der Waals surface area contributed by atoms with Gasteiger partial charge in [0.05, 0.1) is 25.4 Å². The molecule has 19 heavy (non-hydrogen) atoms.